The number of carbonyl (C=O) groups excluding carboxylic acids is 1. The fourth-order valence-electron chi connectivity index (χ4n) is 2.23. The largest absolute Gasteiger partial charge is 0.321 e. The Hall–Kier alpha value is -2.83. The van der Waals surface area contributed by atoms with Crippen LogP contribution in [0.3, 0.4) is 0 Å². The highest BCUT2D eigenvalue weighted by molar-refractivity contribution is 6.33. The average molecular weight is 337 g/mol. The molecule has 0 fully saturated rings. The van der Waals surface area contributed by atoms with E-state index in [2.05, 4.69) is 5.32 Å². The molecule has 3 nitrogen and oxygen atoms in total. The maximum atomic E-state index is 12.3. The van der Waals surface area contributed by atoms with Crippen molar-refractivity contribution in [3.63, 3.8) is 0 Å². The summed E-state index contributed by atoms with van der Waals surface area (Å²) in [6.45, 7) is 3.81. The van der Waals surface area contributed by atoms with E-state index in [9.17, 15) is 10.1 Å². The summed E-state index contributed by atoms with van der Waals surface area (Å²) < 4.78 is 0. The Morgan fingerprint density at radius 1 is 1.08 bits per heavy atom. The molecule has 0 bridgehead atoms. The summed E-state index contributed by atoms with van der Waals surface area (Å²) in [5.74, 6) is -0.477. The first kappa shape index (κ1) is 17.5. The molecule has 120 valence electrons. The molecule has 0 saturated carbocycles. The molecule has 0 heterocycles. The van der Waals surface area contributed by atoms with Gasteiger partial charge in [-0.1, -0.05) is 60.1 Å². The molecule has 1 amide bonds. The van der Waals surface area contributed by atoms with Gasteiger partial charge >= 0.3 is 0 Å². The van der Waals surface area contributed by atoms with Crippen LogP contribution >= 0.6 is 11.6 Å². The molecular formula is C20H17ClN2O. The Bertz CT molecular complexity index is 825. The van der Waals surface area contributed by atoms with Gasteiger partial charge in [-0.05, 0) is 42.7 Å². The van der Waals surface area contributed by atoms with E-state index in [0.29, 0.717) is 10.7 Å². The Balaban J connectivity index is 2.23. The number of nitriles is 1. The van der Waals surface area contributed by atoms with Gasteiger partial charge in [0.05, 0.1) is 0 Å². The number of hydrogen-bond donors (Lipinski definition) is 1. The molecule has 0 aliphatic heterocycles. The third-order valence-corrected chi connectivity index (χ3v) is 3.69. The van der Waals surface area contributed by atoms with E-state index in [1.54, 1.807) is 6.08 Å². The first-order valence-electron chi connectivity index (χ1n) is 7.43. The van der Waals surface area contributed by atoms with Crippen molar-refractivity contribution in [2.45, 2.75) is 13.8 Å². The van der Waals surface area contributed by atoms with Crippen LogP contribution in [-0.2, 0) is 4.79 Å². The van der Waals surface area contributed by atoms with E-state index < -0.39 is 5.91 Å². The molecule has 2 aromatic carbocycles. The van der Waals surface area contributed by atoms with Crippen molar-refractivity contribution in [2.75, 3.05) is 5.32 Å². The van der Waals surface area contributed by atoms with E-state index in [1.165, 1.54) is 6.08 Å². The summed E-state index contributed by atoms with van der Waals surface area (Å²) in [5.41, 5.74) is 3.44. The van der Waals surface area contributed by atoms with Gasteiger partial charge in [-0.15, -0.1) is 0 Å². The van der Waals surface area contributed by atoms with Crippen LogP contribution in [0.2, 0.25) is 0 Å². The van der Waals surface area contributed by atoms with E-state index in [0.717, 1.165) is 16.7 Å². The molecule has 0 aliphatic rings. The van der Waals surface area contributed by atoms with Crippen molar-refractivity contribution < 1.29 is 4.79 Å². The number of nitrogens with zero attached hydrogens (tertiary/aromatic N) is 1. The summed E-state index contributed by atoms with van der Waals surface area (Å²) in [6, 6.07) is 17.1. The lowest BCUT2D eigenvalue weighted by Gasteiger charge is -2.10. The molecule has 0 saturated heterocycles. The lowest BCUT2D eigenvalue weighted by molar-refractivity contribution is -0.112. The van der Waals surface area contributed by atoms with Gasteiger partial charge in [0, 0.05) is 10.7 Å². The van der Waals surface area contributed by atoms with Gasteiger partial charge in [-0.3, -0.25) is 4.79 Å². The first-order chi connectivity index (χ1) is 11.5. The standard InChI is InChI=1S/C20H17ClN2O/c1-14-7-6-8-15(2)19(14)23-20(24)17(13-22)12-18(21)11-16-9-4-3-5-10-16/h3-12H,1-2H3,(H,23,24)/b17-12+,18-11-. The molecule has 0 atom stereocenters. The number of aryl methyl sites for hydroxylation is 2. The number of amides is 1. The molecule has 2 aromatic rings. The number of benzene rings is 2. The Kier molecular flexibility index (Phi) is 5.95. The topological polar surface area (TPSA) is 52.9 Å². The van der Waals surface area contributed by atoms with Crippen molar-refractivity contribution >= 4 is 29.3 Å². The zero-order valence-corrected chi connectivity index (χ0v) is 14.3. The zero-order chi connectivity index (χ0) is 17.5. The van der Waals surface area contributed by atoms with E-state index in [4.69, 9.17) is 11.6 Å². The van der Waals surface area contributed by atoms with Gasteiger partial charge in [0.25, 0.3) is 5.91 Å². The monoisotopic (exact) mass is 336 g/mol. The normalized spacial score (nSPS) is 11.8. The highest BCUT2D eigenvalue weighted by Crippen LogP contribution is 2.21. The Labute approximate surface area is 146 Å². The molecule has 4 heteroatoms. The van der Waals surface area contributed by atoms with Gasteiger partial charge in [0.15, 0.2) is 0 Å². The van der Waals surface area contributed by atoms with E-state index >= 15 is 0 Å². The number of para-hydroxylation sites is 1. The van der Waals surface area contributed by atoms with Crippen molar-refractivity contribution in [1.82, 2.24) is 0 Å². The van der Waals surface area contributed by atoms with Crippen LogP contribution in [0.25, 0.3) is 6.08 Å². The molecule has 1 N–H and O–H groups in total. The smallest absolute Gasteiger partial charge is 0.266 e. The lowest BCUT2D eigenvalue weighted by Crippen LogP contribution is -2.15. The summed E-state index contributed by atoms with van der Waals surface area (Å²) >= 11 is 6.15. The number of halogens is 1. The molecule has 24 heavy (non-hydrogen) atoms. The summed E-state index contributed by atoms with van der Waals surface area (Å²) in [4.78, 5) is 12.3. The van der Waals surface area contributed by atoms with Crippen molar-refractivity contribution in [3.8, 4) is 6.07 Å². The second kappa shape index (κ2) is 8.14. The fourth-order valence-corrected chi connectivity index (χ4v) is 2.46. The fraction of sp³-hybridized carbons (Fsp3) is 0.100. The second-order valence-corrected chi connectivity index (χ2v) is 5.77. The molecule has 0 unspecified atom stereocenters. The lowest BCUT2D eigenvalue weighted by atomic mass is 10.1. The first-order valence-corrected chi connectivity index (χ1v) is 7.80. The maximum absolute atomic E-state index is 12.3. The van der Waals surface area contributed by atoms with Gasteiger partial charge < -0.3 is 5.32 Å². The Morgan fingerprint density at radius 2 is 1.71 bits per heavy atom. The number of hydrogen-bond acceptors (Lipinski definition) is 2. The number of rotatable bonds is 4. The van der Waals surface area contributed by atoms with Crippen molar-refractivity contribution in [3.05, 3.63) is 81.9 Å². The van der Waals surface area contributed by atoms with Crippen LogP contribution in [0.5, 0.6) is 0 Å². The van der Waals surface area contributed by atoms with Gasteiger partial charge in [0.2, 0.25) is 0 Å². The molecule has 0 aromatic heterocycles. The zero-order valence-electron chi connectivity index (χ0n) is 13.5. The highest BCUT2D eigenvalue weighted by atomic mass is 35.5. The van der Waals surface area contributed by atoms with Gasteiger partial charge in [-0.25, -0.2) is 0 Å². The predicted molar refractivity (Wildman–Crippen MR) is 98.5 cm³/mol. The number of carbonyl (C=O) groups is 1. The summed E-state index contributed by atoms with van der Waals surface area (Å²) in [6.07, 6.45) is 3.07. The van der Waals surface area contributed by atoms with Crippen LogP contribution in [0.15, 0.2) is 65.2 Å². The van der Waals surface area contributed by atoms with Crippen LogP contribution in [0.1, 0.15) is 16.7 Å². The third-order valence-electron chi connectivity index (χ3n) is 3.47. The minimum Gasteiger partial charge on any atom is -0.321 e. The SMILES string of the molecule is Cc1cccc(C)c1NC(=O)/C(C#N)=C/C(Cl)=C/c1ccccc1. The molecule has 2 rings (SSSR count). The molecule has 0 spiro atoms. The Morgan fingerprint density at radius 3 is 2.29 bits per heavy atom. The van der Waals surface area contributed by atoms with Gasteiger partial charge in [-0.2, -0.15) is 5.26 Å². The molecule has 0 radical (unpaired) electrons. The number of allylic oxidation sites excluding steroid dienone is 2. The van der Waals surface area contributed by atoms with Crippen LogP contribution < -0.4 is 5.32 Å². The maximum Gasteiger partial charge on any atom is 0.266 e. The minimum atomic E-state index is -0.477. The van der Waals surface area contributed by atoms with Crippen molar-refractivity contribution in [1.29, 1.82) is 5.26 Å². The van der Waals surface area contributed by atoms with E-state index in [1.807, 2.05) is 68.4 Å². The van der Waals surface area contributed by atoms with Crippen LogP contribution in [-0.4, -0.2) is 5.91 Å². The predicted octanol–water partition coefficient (Wildman–Crippen LogP) is 4.97. The number of nitrogens with one attached hydrogen (secondary N) is 1. The van der Waals surface area contributed by atoms with Crippen molar-refractivity contribution in [2.24, 2.45) is 0 Å². The van der Waals surface area contributed by atoms with E-state index in [-0.39, 0.29) is 5.57 Å². The minimum absolute atomic E-state index is 0.0464. The summed E-state index contributed by atoms with van der Waals surface area (Å²) in [5, 5.41) is 12.4. The van der Waals surface area contributed by atoms with Crippen LogP contribution in [0.4, 0.5) is 5.69 Å². The number of anilines is 1. The van der Waals surface area contributed by atoms with Gasteiger partial charge in [0.1, 0.15) is 11.6 Å². The quantitative estimate of drug-likeness (QED) is 0.486. The molecular weight excluding hydrogens is 320 g/mol. The third kappa shape index (κ3) is 4.58. The highest BCUT2D eigenvalue weighted by Gasteiger charge is 2.12. The average Bonchev–Trinajstić information content (AvgIpc) is 2.57. The summed E-state index contributed by atoms with van der Waals surface area (Å²) in [7, 11) is 0. The second-order valence-electron chi connectivity index (χ2n) is 5.33. The van der Waals surface area contributed by atoms with Crippen LogP contribution in [0, 0.1) is 25.2 Å². The molecule has 0 aliphatic carbocycles.